The summed E-state index contributed by atoms with van der Waals surface area (Å²) in [5, 5.41) is 6.77. The summed E-state index contributed by atoms with van der Waals surface area (Å²) in [7, 11) is 0. The second kappa shape index (κ2) is 12.3. The van der Waals surface area contributed by atoms with Crippen molar-refractivity contribution in [1.82, 2.24) is 24.1 Å². The molecule has 0 N–H and O–H groups in total. The van der Waals surface area contributed by atoms with E-state index in [0.717, 1.165) is 88.1 Å². The third-order valence-corrected chi connectivity index (χ3v) is 11.2. The van der Waals surface area contributed by atoms with Gasteiger partial charge >= 0.3 is 0 Å². The molecule has 0 aliphatic heterocycles. The standard InChI is InChI=1S/C51H31N5O/c1-4-14-32(15-5-1)49-52-50(33-16-6-2-7-17-33)54-51(53-49)56-44-28-24-34(35-25-29-46-42(31-35)38-21-11-13-23-45(38)57-46)30-41(44)40-27-26-39-37-20-10-12-22-43(37)55(47(39)48(40)56)36-18-8-3-9-19-36/h1-31H. The van der Waals surface area contributed by atoms with Gasteiger partial charge in [0.05, 0.1) is 22.1 Å². The first-order valence-electron chi connectivity index (χ1n) is 19.1. The zero-order valence-corrected chi connectivity index (χ0v) is 30.5. The maximum absolute atomic E-state index is 6.20. The molecule has 4 heterocycles. The van der Waals surface area contributed by atoms with Crippen molar-refractivity contribution in [3.05, 3.63) is 188 Å². The Labute approximate surface area is 326 Å². The number of nitrogens with zero attached hydrogens (tertiary/aromatic N) is 5. The van der Waals surface area contributed by atoms with E-state index in [9.17, 15) is 0 Å². The van der Waals surface area contributed by atoms with E-state index in [1.165, 1.54) is 5.39 Å². The van der Waals surface area contributed by atoms with Crippen LogP contribution in [0.2, 0.25) is 0 Å². The lowest BCUT2D eigenvalue weighted by Crippen LogP contribution is -2.07. The first-order valence-corrected chi connectivity index (χ1v) is 19.1. The van der Waals surface area contributed by atoms with Crippen LogP contribution in [-0.4, -0.2) is 24.1 Å². The third-order valence-electron chi connectivity index (χ3n) is 11.2. The second-order valence-electron chi connectivity index (χ2n) is 14.4. The zero-order valence-electron chi connectivity index (χ0n) is 30.5. The van der Waals surface area contributed by atoms with Crippen molar-refractivity contribution in [1.29, 1.82) is 0 Å². The molecule has 12 rings (SSSR count). The van der Waals surface area contributed by atoms with Crippen molar-refractivity contribution in [2.45, 2.75) is 0 Å². The van der Waals surface area contributed by atoms with Gasteiger partial charge in [-0.25, -0.2) is 4.98 Å². The maximum atomic E-state index is 6.20. The van der Waals surface area contributed by atoms with Gasteiger partial charge in [0.2, 0.25) is 5.95 Å². The molecule has 0 aliphatic rings. The molecule has 0 saturated carbocycles. The molecule has 6 heteroatoms. The Kier molecular flexibility index (Phi) is 6.83. The van der Waals surface area contributed by atoms with Gasteiger partial charge in [0.25, 0.3) is 0 Å². The Morgan fingerprint density at radius 1 is 0.333 bits per heavy atom. The Balaban J connectivity index is 1.21. The number of fused-ring (bicyclic) bond motifs is 10. The van der Waals surface area contributed by atoms with Crippen LogP contribution in [0.4, 0.5) is 0 Å². The van der Waals surface area contributed by atoms with Crippen LogP contribution in [0.1, 0.15) is 0 Å². The number of para-hydroxylation sites is 3. The van der Waals surface area contributed by atoms with Gasteiger partial charge in [-0.05, 0) is 59.7 Å². The van der Waals surface area contributed by atoms with Crippen LogP contribution in [0.5, 0.6) is 0 Å². The fraction of sp³-hybridized carbons (Fsp3) is 0. The summed E-state index contributed by atoms with van der Waals surface area (Å²) in [6, 6.07) is 65.6. The van der Waals surface area contributed by atoms with Crippen LogP contribution in [0.15, 0.2) is 192 Å². The number of hydrogen-bond donors (Lipinski definition) is 0. The predicted octanol–water partition coefficient (Wildman–Crippen LogP) is 13.0. The molecule has 0 spiro atoms. The van der Waals surface area contributed by atoms with Gasteiger partial charge in [-0.3, -0.25) is 4.57 Å². The second-order valence-corrected chi connectivity index (χ2v) is 14.4. The van der Waals surface area contributed by atoms with Crippen molar-refractivity contribution in [3.63, 3.8) is 0 Å². The molecule has 0 fully saturated rings. The minimum atomic E-state index is 0.555. The lowest BCUT2D eigenvalue weighted by atomic mass is 10.0. The molecule has 0 radical (unpaired) electrons. The summed E-state index contributed by atoms with van der Waals surface area (Å²) in [6.45, 7) is 0. The average molecular weight is 730 g/mol. The van der Waals surface area contributed by atoms with E-state index in [2.05, 4.69) is 149 Å². The summed E-state index contributed by atoms with van der Waals surface area (Å²) in [4.78, 5) is 15.6. The van der Waals surface area contributed by atoms with Crippen molar-refractivity contribution in [2.75, 3.05) is 0 Å². The summed E-state index contributed by atoms with van der Waals surface area (Å²) in [5.74, 6) is 1.78. The molecule has 12 aromatic rings. The largest absolute Gasteiger partial charge is 0.456 e. The van der Waals surface area contributed by atoms with E-state index in [0.29, 0.717) is 17.6 Å². The highest BCUT2D eigenvalue weighted by atomic mass is 16.3. The minimum Gasteiger partial charge on any atom is -0.456 e. The predicted molar refractivity (Wildman–Crippen MR) is 232 cm³/mol. The summed E-state index contributed by atoms with van der Waals surface area (Å²) < 4.78 is 10.8. The number of rotatable bonds is 5. The summed E-state index contributed by atoms with van der Waals surface area (Å²) in [6.07, 6.45) is 0. The molecule has 266 valence electrons. The van der Waals surface area contributed by atoms with Crippen molar-refractivity contribution in [2.24, 2.45) is 0 Å². The third kappa shape index (κ3) is 4.87. The van der Waals surface area contributed by atoms with Crippen LogP contribution in [0.25, 0.3) is 111 Å². The number of hydrogen-bond acceptors (Lipinski definition) is 4. The van der Waals surface area contributed by atoms with Crippen molar-refractivity contribution in [3.8, 4) is 45.5 Å². The van der Waals surface area contributed by atoms with Crippen LogP contribution < -0.4 is 0 Å². The Morgan fingerprint density at radius 2 is 0.860 bits per heavy atom. The Hall–Kier alpha value is -7.83. The zero-order chi connectivity index (χ0) is 37.5. The normalized spacial score (nSPS) is 11.9. The van der Waals surface area contributed by atoms with Gasteiger partial charge in [-0.1, -0.05) is 140 Å². The van der Waals surface area contributed by atoms with Crippen LogP contribution in [-0.2, 0) is 0 Å². The van der Waals surface area contributed by atoms with E-state index in [1.807, 2.05) is 48.5 Å². The first kappa shape index (κ1) is 31.5. The van der Waals surface area contributed by atoms with Crippen molar-refractivity contribution < 1.29 is 4.42 Å². The number of aromatic nitrogens is 5. The van der Waals surface area contributed by atoms with E-state index in [1.54, 1.807) is 0 Å². The lowest BCUT2D eigenvalue weighted by molar-refractivity contribution is 0.669. The lowest BCUT2D eigenvalue weighted by Gasteiger charge is -2.13. The van der Waals surface area contributed by atoms with E-state index in [-0.39, 0.29) is 0 Å². The van der Waals surface area contributed by atoms with Crippen LogP contribution in [0.3, 0.4) is 0 Å². The highest BCUT2D eigenvalue weighted by Crippen LogP contribution is 2.43. The maximum Gasteiger partial charge on any atom is 0.238 e. The number of benzene rings is 8. The Bertz CT molecular complexity index is 3450. The summed E-state index contributed by atoms with van der Waals surface area (Å²) >= 11 is 0. The monoisotopic (exact) mass is 729 g/mol. The Morgan fingerprint density at radius 3 is 1.58 bits per heavy atom. The minimum absolute atomic E-state index is 0.555. The molecule has 8 aromatic carbocycles. The van der Waals surface area contributed by atoms with Gasteiger partial charge in [0, 0.05) is 49.1 Å². The van der Waals surface area contributed by atoms with Gasteiger partial charge in [-0.2, -0.15) is 9.97 Å². The quantitative estimate of drug-likeness (QED) is 0.177. The highest BCUT2D eigenvalue weighted by molar-refractivity contribution is 6.24. The van der Waals surface area contributed by atoms with E-state index >= 15 is 0 Å². The smallest absolute Gasteiger partial charge is 0.238 e. The summed E-state index contributed by atoms with van der Waals surface area (Å²) in [5.41, 5.74) is 11.2. The van der Waals surface area contributed by atoms with E-state index in [4.69, 9.17) is 19.4 Å². The van der Waals surface area contributed by atoms with Gasteiger partial charge < -0.3 is 8.98 Å². The topological polar surface area (TPSA) is 61.7 Å². The number of furan rings is 1. The van der Waals surface area contributed by atoms with E-state index < -0.39 is 0 Å². The highest BCUT2D eigenvalue weighted by Gasteiger charge is 2.24. The molecule has 57 heavy (non-hydrogen) atoms. The molecule has 0 bridgehead atoms. The molecule has 6 nitrogen and oxygen atoms in total. The first-order chi connectivity index (χ1) is 28.3. The molecular formula is C51H31N5O. The van der Waals surface area contributed by atoms with Crippen LogP contribution >= 0.6 is 0 Å². The molecule has 4 aromatic heterocycles. The molecular weight excluding hydrogens is 699 g/mol. The average Bonchev–Trinajstić information content (AvgIpc) is 3.94. The van der Waals surface area contributed by atoms with Gasteiger partial charge in [0.15, 0.2) is 11.6 Å². The molecule has 0 atom stereocenters. The molecule has 0 amide bonds. The van der Waals surface area contributed by atoms with Crippen molar-refractivity contribution >= 4 is 65.6 Å². The molecule has 0 aliphatic carbocycles. The fourth-order valence-corrected chi connectivity index (χ4v) is 8.59. The van der Waals surface area contributed by atoms with Gasteiger partial charge in [0.1, 0.15) is 11.2 Å². The SMILES string of the molecule is c1ccc(-c2nc(-c3ccccc3)nc(-n3c4ccc(-c5ccc6oc7ccccc7c6c5)cc4c4ccc5c6ccccc6n(-c6ccccc6)c5c43)n2)cc1. The molecule has 0 unspecified atom stereocenters. The molecule has 0 saturated heterocycles. The fourth-order valence-electron chi connectivity index (χ4n) is 8.59. The van der Waals surface area contributed by atoms with Crippen LogP contribution in [0, 0.1) is 0 Å². The van der Waals surface area contributed by atoms with Gasteiger partial charge in [-0.15, -0.1) is 0 Å².